The smallest absolute Gasteiger partial charge is 0.337 e. The van der Waals surface area contributed by atoms with Gasteiger partial charge in [-0.25, -0.2) is 9.59 Å². The van der Waals surface area contributed by atoms with Gasteiger partial charge in [0.15, 0.2) is 0 Å². The highest BCUT2D eigenvalue weighted by Crippen LogP contribution is 2.28. The number of benzene rings is 2. The van der Waals surface area contributed by atoms with Gasteiger partial charge in [-0.1, -0.05) is 12.1 Å². The van der Waals surface area contributed by atoms with Crippen LogP contribution in [0.25, 0.3) is 11.0 Å². The van der Waals surface area contributed by atoms with Crippen LogP contribution in [0.1, 0.15) is 27.0 Å². The third-order valence-electron chi connectivity index (χ3n) is 4.09. The molecule has 25 heavy (non-hydrogen) atoms. The minimum Gasteiger partial charge on any atom is -0.488 e. The Hall–Kier alpha value is -3.08. The van der Waals surface area contributed by atoms with E-state index in [-0.39, 0.29) is 11.6 Å². The Morgan fingerprint density at radius 1 is 1.08 bits per heavy atom. The van der Waals surface area contributed by atoms with Crippen molar-refractivity contribution in [3.8, 4) is 5.75 Å². The summed E-state index contributed by atoms with van der Waals surface area (Å²) in [7, 11) is 1.35. The number of hydrogen-bond acceptors (Lipinski definition) is 5. The van der Waals surface area contributed by atoms with E-state index in [4.69, 9.17) is 9.15 Å². The van der Waals surface area contributed by atoms with Crippen molar-refractivity contribution in [1.29, 1.82) is 0 Å². The van der Waals surface area contributed by atoms with Gasteiger partial charge in [0.2, 0.25) is 0 Å². The van der Waals surface area contributed by atoms with Crippen LogP contribution in [-0.2, 0) is 11.3 Å². The van der Waals surface area contributed by atoms with Crippen molar-refractivity contribution in [3.05, 3.63) is 75.1 Å². The molecule has 0 aliphatic heterocycles. The highest BCUT2D eigenvalue weighted by atomic mass is 16.5. The van der Waals surface area contributed by atoms with Crippen molar-refractivity contribution in [2.75, 3.05) is 7.11 Å². The molecule has 0 bridgehead atoms. The fourth-order valence-electron chi connectivity index (χ4n) is 2.67. The average Bonchev–Trinajstić information content (AvgIpc) is 2.61. The van der Waals surface area contributed by atoms with Gasteiger partial charge >= 0.3 is 11.6 Å². The van der Waals surface area contributed by atoms with Crippen LogP contribution in [0.2, 0.25) is 0 Å². The molecule has 0 radical (unpaired) electrons. The molecule has 0 saturated carbocycles. The number of esters is 1. The molecular formula is C20H18O5. The Morgan fingerprint density at radius 3 is 2.48 bits per heavy atom. The van der Waals surface area contributed by atoms with E-state index in [9.17, 15) is 9.59 Å². The Kier molecular flexibility index (Phi) is 4.57. The second kappa shape index (κ2) is 6.81. The lowest BCUT2D eigenvalue weighted by Gasteiger charge is -2.11. The number of aryl methyl sites for hydroxylation is 2. The zero-order valence-corrected chi connectivity index (χ0v) is 14.3. The molecule has 0 aliphatic carbocycles. The largest absolute Gasteiger partial charge is 0.488 e. The van der Waals surface area contributed by atoms with Gasteiger partial charge in [-0.2, -0.15) is 0 Å². The molecule has 3 rings (SSSR count). The van der Waals surface area contributed by atoms with Gasteiger partial charge in [0.1, 0.15) is 17.9 Å². The maximum Gasteiger partial charge on any atom is 0.337 e. The molecule has 0 saturated heterocycles. The van der Waals surface area contributed by atoms with Crippen LogP contribution >= 0.6 is 0 Å². The van der Waals surface area contributed by atoms with Crippen LogP contribution < -0.4 is 10.4 Å². The molecule has 2 aromatic carbocycles. The Labute approximate surface area is 144 Å². The number of rotatable bonds is 4. The van der Waals surface area contributed by atoms with E-state index in [1.807, 2.05) is 38.1 Å². The monoisotopic (exact) mass is 338 g/mol. The van der Waals surface area contributed by atoms with Crippen molar-refractivity contribution < 1.29 is 18.7 Å². The molecule has 0 amide bonds. The Balaban J connectivity index is 1.83. The third-order valence-corrected chi connectivity index (χ3v) is 4.09. The molecule has 1 heterocycles. The van der Waals surface area contributed by atoms with Gasteiger partial charge in [-0.15, -0.1) is 0 Å². The number of fused-ring (bicyclic) bond motifs is 1. The van der Waals surface area contributed by atoms with Crippen molar-refractivity contribution >= 4 is 16.9 Å². The summed E-state index contributed by atoms with van der Waals surface area (Å²) in [6.45, 7) is 4.08. The molecular weight excluding hydrogens is 320 g/mol. The third kappa shape index (κ3) is 3.40. The summed E-state index contributed by atoms with van der Waals surface area (Å²) in [5.74, 6) is 0.279. The van der Waals surface area contributed by atoms with E-state index >= 15 is 0 Å². The number of hydrogen-bond donors (Lipinski definition) is 0. The summed E-state index contributed by atoms with van der Waals surface area (Å²) in [6.07, 6.45) is 0. The minimum atomic E-state index is -0.372. The average molecular weight is 338 g/mol. The Morgan fingerprint density at radius 2 is 1.80 bits per heavy atom. The Bertz CT molecular complexity index is 983. The number of carbonyl (C=O) groups excluding carboxylic acids is 1. The lowest BCUT2D eigenvalue weighted by molar-refractivity contribution is 0.0600. The summed E-state index contributed by atoms with van der Waals surface area (Å²) in [4.78, 5) is 23.1. The summed E-state index contributed by atoms with van der Waals surface area (Å²) in [5.41, 5.74) is 3.24. The van der Waals surface area contributed by atoms with Crippen LogP contribution in [0.3, 0.4) is 0 Å². The van der Waals surface area contributed by atoms with Gasteiger partial charge < -0.3 is 13.9 Å². The molecule has 0 spiro atoms. The van der Waals surface area contributed by atoms with Gasteiger partial charge in [0, 0.05) is 17.0 Å². The van der Waals surface area contributed by atoms with Crippen molar-refractivity contribution in [1.82, 2.24) is 0 Å². The molecule has 1 aromatic heterocycles. The lowest BCUT2D eigenvalue weighted by atomic mass is 10.1. The fourth-order valence-corrected chi connectivity index (χ4v) is 2.67. The number of methoxy groups -OCH3 is 1. The first kappa shape index (κ1) is 16.8. The standard InChI is InChI=1S/C20H18O5/c1-12-10-18(21)25-19-13(2)17(9-8-16(12)19)24-11-14-4-6-15(7-5-14)20(22)23-3/h4-10H,11H2,1-3H3. The first-order valence-electron chi connectivity index (χ1n) is 7.83. The summed E-state index contributed by atoms with van der Waals surface area (Å²) < 4.78 is 15.9. The quantitative estimate of drug-likeness (QED) is 0.535. The van der Waals surface area contributed by atoms with Crippen LogP contribution in [0.5, 0.6) is 5.75 Å². The van der Waals surface area contributed by atoms with E-state index in [0.29, 0.717) is 23.5 Å². The molecule has 0 N–H and O–H groups in total. The minimum absolute atomic E-state index is 0.337. The lowest BCUT2D eigenvalue weighted by Crippen LogP contribution is -2.03. The summed E-state index contributed by atoms with van der Waals surface area (Å²) in [6, 6.07) is 12.2. The van der Waals surface area contributed by atoms with E-state index in [1.54, 1.807) is 12.1 Å². The van der Waals surface area contributed by atoms with E-state index in [2.05, 4.69) is 4.74 Å². The molecule has 5 heteroatoms. The topological polar surface area (TPSA) is 65.7 Å². The highest BCUT2D eigenvalue weighted by Gasteiger charge is 2.10. The van der Waals surface area contributed by atoms with Gasteiger partial charge in [0.05, 0.1) is 12.7 Å². The molecule has 0 unspecified atom stereocenters. The fraction of sp³-hybridized carbons (Fsp3) is 0.200. The van der Waals surface area contributed by atoms with Gasteiger partial charge in [-0.05, 0) is 49.2 Å². The van der Waals surface area contributed by atoms with Crippen LogP contribution in [0.4, 0.5) is 0 Å². The number of ether oxygens (including phenoxy) is 2. The first-order chi connectivity index (χ1) is 12.0. The molecule has 3 aromatic rings. The second-order valence-corrected chi connectivity index (χ2v) is 5.79. The maximum atomic E-state index is 11.6. The normalized spacial score (nSPS) is 10.7. The van der Waals surface area contributed by atoms with Crippen molar-refractivity contribution in [3.63, 3.8) is 0 Å². The molecule has 0 aliphatic rings. The molecule has 0 fully saturated rings. The zero-order chi connectivity index (χ0) is 18.0. The van der Waals surface area contributed by atoms with Gasteiger partial charge in [-0.3, -0.25) is 0 Å². The highest BCUT2D eigenvalue weighted by molar-refractivity contribution is 5.89. The molecule has 128 valence electrons. The predicted molar refractivity (Wildman–Crippen MR) is 94.1 cm³/mol. The van der Waals surface area contributed by atoms with Crippen molar-refractivity contribution in [2.45, 2.75) is 20.5 Å². The molecule has 0 atom stereocenters. The summed E-state index contributed by atoms with van der Waals surface area (Å²) >= 11 is 0. The zero-order valence-electron chi connectivity index (χ0n) is 14.3. The first-order valence-corrected chi connectivity index (χ1v) is 7.83. The number of carbonyl (C=O) groups is 1. The van der Waals surface area contributed by atoms with E-state index in [1.165, 1.54) is 13.2 Å². The van der Waals surface area contributed by atoms with E-state index in [0.717, 1.165) is 22.1 Å². The summed E-state index contributed by atoms with van der Waals surface area (Å²) in [5, 5.41) is 0.895. The van der Waals surface area contributed by atoms with E-state index < -0.39 is 0 Å². The van der Waals surface area contributed by atoms with Crippen LogP contribution in [-0.4, -0.2) is 13.1 Å². The van der Waals surface area contributed by atoms with Gasteiger partial charge in [0.25, 0.3) is 0 Å². The van der Waals surface area contributed by atoms with Crippen molar-refractivity contribution in [2.24, 2.45) is 0 Å². The maximum absolute atomic E-state index is 11.6. The SMILES string of the molecule is COC(=O)c1ccc(COc2ccc3c(C)cc(=O)oc3c2C)cc1. The second-order valence-electron chi connectivity index (χ2n) is 5.79. The van der Waals surface area contributed by atoms with Crippen LogP contribution in [0.15, 0.2) is 51.7 Å². The molecule has 5 nitrogen and oxygen atoms in total. The van der Waals surface area contributed by atoms with Crippen LogP contribution in [0, 0.1) is 13.8 Å². The predicted octanol–water partition coefficient (Wildman–Crippen LogP) is 3.78.